The second-order valence-corrected chi connectivity index (χ2v) is 9.61. The molecule has 0 radical (unpaired) electrons. The summed E-state index contributed by atoms with van der Waals surface area (Å²) in [7, 11) is 0. The highest BCUT2D eigenvalue weighted by atomic mass is 16.2. The number of benzene rings is 1. The summed E-state index contributed by atoms with van der Waals surface area (Å²) in [4.78, 5) is 30.9. The zero-order chi connectivity index (χ0) is 27.4. The molecule has 1 aromatic carbocycles. The first-order chi connectivity index (χ1) is 19.0. The lowest BCUT2D eigenvalue weighted by atomic mass is 10.0. The molecule has 1 N–H and O–H groups in total. The van der Waals surface area contributed by atoms with Gasteiger partial charge in [0.15, 0.2) is 11.6 Å². The van der Waals surface area contributed by atoms with Gasteiger partial charge in [0.05, 0.1) is 17.8 Å². The van der Waals surface area contributed by atoms with Gasteiger partial charge in [0, 0.05) is 42.0 Å². The molecular weight excluding hydrogens is 492 g/mol. The minimum atomic E-state index is -0.160. The summed E-state index contributed by atoms with van der Waals surface area (Å²) in [6.45, 7) is 6.86. The van der Waals surface area contributed by atoms with E-state index in [2.05, 4.69) is 34.5 Å². The molecule has 0 spiro atoms. The summed E-state index contributed by atoms with van der Waals surface area (Å²) in [6, 6.07) is 13.5. The third-order valence-electron chi connectivity index (χ3n) is 6.82. The molecule has 4 heterocycles. The number of H-pyrrole nitrogens is 1. The highest BCUT2D eigenvalue weighted by Crippen LogP contribution is 2.28. The van der Waals surface area contributed by atoms with E-state index < -0.39 is 0 Å². The Morgan fingerprint density at radius 2 is 1.85 bits per heavy atom. The molecule has 0 fully saturated rings. The molecule has 0 bridgehead atoms. The van der Waals surface area contributed by atoms with Crippen molar-refractivity contribution in [3.8, 4) is 28.5 Å². The lowest BCUT2D eigenvalue weighted by Gasteiger charge is -2.10. The van der Waals surface area contributed by atoms with Crippen molar-refractivity contribution < 1.29 is 4.79 Å². The van der Waals surface area contributed by atoms with Crippen LogP contribution >= 0.6 is 0 Å². The zero-order valence-electron chi connectivity index (χ0n) is 22.5. The van der Waals surface area contributed by atoms with Gasteiger partial charge in [-0.1, -0.05) is 50.6 Å². The lowest BCUT2D eigenvalue weighted by Crippen LogP contribution is -2.27. The third-order valence-corrected chi connectivity index (χ3v) is 6.82. The molecular formula is C29H32N8O2. The van der Waals surface area contributed by atoms with Crippen LogP contribution in [-0.4, -0.2) is 45.1 Å². The van der Waals surface area contributed by atoms with E-state index in [1.165, 1.54) is 0 Å². The molecule has 0 aliphatic rings. The van der Waals surface area contributed by atoms with E-state index in [0.29, 0.717) is 23.8 Å². The van der Waals surface area contributed by atoms with Gasteiger partial charge in [0.1, 0.15) is 5.82 Å². The number of carbonyl (C=O) groups excluding carboxylic acids is 1. The largest absolute Gasteiger partial charge is 0.334 e. The molecule has 39 heavy (non-hydrogen) atoms. The number of unbranched alkanes of at least 4 members (excludes halogenated alkanes) is 1. The number of hydrogen-bond acceptors (Lipinski definition) is 6. The molecule has 0 aliphatic carbocycles. The second-order valence-electron chi connectivity index (χ2n) is 9.61. The maximum Gasteiger partial charge on any atom is 0.334 e. The average molecular weight is 525 g/mol. The van der Waals surface area contributed by atoms with E-state index in [9.17, 15) is 9.59 Å². The first-order valence-corrected chi connectivity index (χ1v) is 13.3. The highest BCUT2D eigenvalue weighted by Gasteiger charge is 2.20. The van der Waals surface area contributed by atoms with Crippen molar-refractivity contribution in [3.05, 3.63) is 88.4 Å². The molecule has 0 amide bonds. The molecule has 0 saturated carbocycles. The van der Waals surface area contributed by atoms with Gasteiger partial charge in [-0.05, 0) is 54.3 Å². The fourth-order valence-corrected chi connectivity index (χ4v) is 4.88. The average Bonchev–Trinajstić information content (AvgIpc) is 3.69. The Balaban J connectivity index is 1.51. The van der Waals surface area contributed by atoms with Crippen LogP contribution in [0.25, 0.3) is 28.5 Å². The van der Waals surface area contributed by atoms with Crippen molar-refractivity contribution in [2.24, 2.45) is 0 Å². The van der Waals surface area contributed by atoms with Crippen LogP contribution in [0.1, 0.15) is 61.6 Å². The first kappa shape index (κ1) is 26.0. The van der Waals surface area contributed by atoms with Crippen molar-refractivity contribution in [2.45, 2.75) is 59.5 Å². The zero-order valence-corrected chi connectivity index (χ0v) is 22.5. The Labute approximate surface area is 226 Å². The number of pyridine rings is 1. The number of carbonyl (C=O) groups is 1. The summed E-state index contributed by atoms with van der Waals surface area (Å²) >= 11 is 0. The second kappa shape index (κ2) is 11.4. The van der Waals surface area contributed by atoms with Crippen LogP contribution in [-0.2, 0) is 19.5 Å². The fourth-order valence-electron chi connectivity index (χ4n) is 4.88. The van der Waals surface area contributed by atoms with Crippen LogP contribution in [0.15, 0.2) is 65.8 Å². The molecule has 0 unspecified atom stereocenters. The Hall–Kier alpha value is -4.60. The van der Waals surface area contributed by atoms with Gasteiger partial charge in [-0.2, -0.15) is 0 Å². The van der Waals surface area contributed by atoms with Crippen molar-refractivity contribution in [1.29, 1.82) is 0 Å². The van der Waals surface area contributed by atoms with Gasteiger partial charge >= 0.3 is 5.69 Å². The van der Waals surface area contributed by atoms with E-state index in [1.807, 2.05) is 53.4 Å². The van der Waals surface area contributed by atoms with Crippen LogP contribution in [0.2, 0.25) is 0 Å². The Kier molecular flexibility index (Phi) is 7.62. The number of nitrogens with one attached hydrogen (secondary N) is 1. The minimum Gasteiger partial charge on any atom is -0.333 e. The summed E-state index contributed by atoms with van der Waals surface area (Å²) in [5, 5.41) is 14.2. The first-order valence-electron chi connectivity index (χ1n) is 13.3. The predicted octanol–water partition coefficient (Wildman–Crippen LogP) is 4.69. The SMILES string of the molecule is CCCCc1cn(-c2c(C(C)=O)ccn2CCC)c(=O)n1Cc1ccc(-c2ccccc2-c2nnn[nH]2)nc1. The van der Waals surface area contributed by atoms with Crippen molar-refractivity contribution in [1.82, 2.24) is 39.3 Å². The van der Waals surface area contributed by atoms with Crippen molar-refractivity contribution >= 4 is 5.78 Å². The summed E-state index contributed by atoms with van der Waals surface area (Å²) in [6.07, 6.45) is 9.23. The summed E-state index contributed by atoms with van der Waals surface area (Å²) in [5.74, 6) is 1.15. The monoisotopic (exact) mass is 524 g/mol. The molecule has 200 valence electrons. The van der Waals surface area contributed by atoms with Crippen LogP contribution in [0, 0.1) is 0 Å². The van der Waals surface area contributed by atoms with Crippen molar-refractivity contribution in [2.75, 3.05) is 0 Å². The topological polar surface area (TPSA) is 116 Å². The molecule has 10 heteroatoms. The van der Waals surface area contributed by atoms with E-state index >= 15 is 0 Å². The molecule has 10 nitrogen and oxygen atoms in total. The van der Waals surface area contributed by atoms with Gasteiger partial charge in [-0.3, -0.25) is 18.9 Å². The van der Waals surface area contributed by atoms with Crippen molar-refractivity contribution in [3.63, 3.8) is 0 Å². The van der Waals surface area contributed by atoms with E-state index in [4.69, 9.17) is 4.98 Å². The smallest absolute Gasteiger partial charge is 0.333 e. The van der Waals surface area contributed by atoms with E-state index in [1.54, 1.807) is 28.3 Å². The maximum atomic E-state index is 13.8. The number of Topliss-reactive ketones (excluding diaryl/α,β-unsaturated/α-hetero) is 1. The number of rotatable bonds is 11. The third kappa shape index (κ3) is 5.22. The number of hydrogen-bond donors (Lipinski definition) is 1. The quantitative estimate of drug-likeness (QED) is 0.251. The normalized spacial score (nSPS) is 11.3. The molecule has 0 saturated heterocycles. The number of tetrazole rings is 1. The van der Waals surface area contributed by atoms with Crippen LogP contribution in [0.5, 0.6) is 0 Å². The molecule has 0 atom stereocenters. The number of ketones is 1. The number of aryl methyl sites for hydroxylation is 2. The lowest BCUT2D eigenvalue weighted by molar-refractivity contribution is 0.101. The number of aromatic amines is 1. The maximum absolute atomic E-state index is 13.8. The summed E-state index contributed by atoms with van der Waals surface area (Å²) in [5.41, 5.74) is 4.78. The minimum absolute atomic E-state index is 0.0595. The van der Waals surface area contributed by atoms with Crippen LogP contribution in [0.3, 0.4) is 0 Å². The predicted molar refractivity (Wildman–Crippen MR) is 149 cm³/mol. The molecule has 0 aliphatic heterocycles. The van der Waals surface area contributed by atoms with Gasteiger partial charge in [-0.15, -0.1) is 5.10 Å². The Morgan fingerprint density at radius 1 is 1.03 bits per heavy atom. The molecule has 5 aromatic rings. The van der Waals surface area contributed by atoms with E-state index in [-0.39, 0.29) is 11.5 Å². The van der Waals surface area contributed by atoms with Crippen LogP contribution < -0.4 is 5.69 Å². The van der Waals surface area contributed by atoms with E-state index in [0.717, 1.165) is 60.3 Å². The van der Waals surface area contributed by atoms with Gasteiger partial charge in [0.25, 0.3) is 0 Å². The molecule has 4 aromatic heterocycles. The number of imidazole rings is 1. The fraction of sp³-hybridized carbons (Fsp3) is 0.310. The van der Waals surface area contributed by atoms with Gasteiger partial charge in [0.2, 0.25) is 0 Å². The summed E-state index contributed by atoms with van der Waals surface area (Å²) < 4.78 is 5.43. The Morgan fingerprint density at radius 3 is 2.51 bits per heavy atom. The van der Waals surface area contributed by atoms with Crippen LogP contribution in [0.4, 0.5) is 0 Å². The standard InChI is InChI=1S/C29H32N8O2/c1-4-6-9-22-19-37(28-23(20(3)38)14-16-35(28)15-5-2)29(39)36(22)18-21-12-13-26(30-17-21)24-10-7-8-11-25(24)27-31-33-34-32-27/h7-8,10-14,16-17,19H,4-6,9,15,18H2,1-3H3,(H,31,32,33,34). The number of nitrogens with zero attached hydrogens (tertiary/aromatic N) is 7. The molecule has 5 rings (SSSR count). The highest BCUT2D eigenvalue weighted by molar-refractivity contribution is 5.97. The number of aromatic nitrogens is 8. The Bertz CT molecular complexity index is 1620. The van der Waals surface area contributed by atoms with Gasteiger partial charge < -0.3 is 4.57 Å². The van der Waals surface area contributed by atoms with Gasteiger partial charge in [-0.25, -0.2) is 9.89 Å².